The molecule has 2 unspecified atom stereocenters. The SMILES string of the molecule is O=C(CCC1CCCC1)NCC1CCCC1CBr. The zero-order valence-corrected chi connectivity index (χ0v) is 12.9. The van der Waals surface area contributed by atoms with Crippen LogP contribution in [0.4, 0.5) is 0 Å². The largest absolute Gasteiger partial charge is 0.356 e. The van der Waals surface area contributed by atoms with Crippen LogP contribution >= 0.6 is 15.9 Å². The molecular weight excluding hydrogens is 290 g/mol. The molecule has 0 aromatic rings. The first-order valence-corrected chi connectivity index (χ1v) is 8.74. The summed E-state index contributed by atoms with van der Waals surface area (Å²) in [6, 6.07) is 0. The van der Waals surface area contributed by atoms with Crippen LogP contribution in [0.3, 0.4) is 0 Å². The van der Waals surface area contributed by atoms with E-state index >= 15 is 0 Å². The van der Waals surface area contributed by atoms with Crippen molar-refractivity contribution < 1.29 is 4.79 Å². The Hall–Kier alpha value is -0.0500. The normalized spacial score (nSPS) is 28.7. The molecule has 0 aromatic heterocycles. The fourth-order valence-corrected chi connectivity index (χ4v) is 4.41. The van der Waals surface area contributed by atoms with Gasteiger partial charge in [0.05, 0.1) is 0 Å². The Morgan fingerprint density at radius 2 is 1.78 bits per heavy atom. The lowest BCUT2D eigenvalue weighted by Gasteiger charge is -2.18. The smallest absolute Gasteiger partial charge is 0.220 e. The summed E-state index contributed by atoms with van der Waals surface area (Å²) in [4.78, 5) is 11.8. The maximum Gasteiger partial charge on any atom is 0.220 e. The Balaban J connectivity index is 1.59. The predicted octanol–water partition coefficient (Wildman–Crippen LogP) is 3.88. The molecule has 2 rings (SSSR count). The first-order chi connectivity index (χ1) is 8.79. The van der Waals surface area contributed by atoms with Crippen molar-refractivity contribution in [1.29, 1.82) is 0 Å². The van der Waals surface area contributed by atoms with E-state index in [2.05, 4.69) is 21.2 Å². The number of amides is 1. The first-order valence-electron chi connectivity index (χ1n) is 7.62. The van der Waals surface area contributed by atoms with E-state index < -0.39 is 0 Å². The van der Waals surface area contributed by atoms with Gasteiger partial charge >= 0.3 is 0 Å². The van der Waals surface area contributed by atoms with E-state index in [0.717, 1.165) is 36.6 Å². The summed E-state index contributed by atoms with van der Waals surface area (Å²) >= 11 is 3.59. The molecule has 0 saturated heterocycles. The highest BCUT2D eigenvalue weighted by Crippen LogP contribution is 2.32. The average Bonchev–Trinajstić information content (AvgIpc) is 3.04. The lowest BCUT2D eigenvalue weighted by molar-refractivity contribution is -0.121. The van der Waals surface area contributed by atoms with Crippen LogP contribution < -0.4 is 5.32 Å². The zero-order valence-electron chi connectivity index (χ0n) is 11.3. The standard InChI is InChI=1S/C15H26BrNO/c16-10-13-6-3-7-14(13)11-17-15(18)9-8-12-4-1-2-5-12/h12-14H,1-11H2,(H,17,18). The molecular formula is C15H26BrNO. The Morgan fingerprint density at radius 3 is 2.50 bits per heavy atom. The third kappa shape index (κ3) is 4.25. The molecule has 0 spiro atoms. The fraction of sp³-hybridized carbons (Fsp3) is 0.933. The van der Waals surface area contributed by atoms with Crippen molar-refractivity contribution in [3.63, 3.8) is 0 Å². The number of nitrogens with one attached hydrogen (secondary N) is 1. The van der Waals surface area contributed by atoms with Gasteiger partial charge in [0.15, 0.2) is 0 Å². The van der Waals surface area contributed by atoms with E-state index in [1.165, 1.54) is 44.9 Å². The van der Waals surface area contributed by atoms with Crippen molar-refractivity contribution in [1.82, 2.24) is 5.32 Å². The van der Waals surface area contributed by atoms with Crippen LogP contribution in [0.25, 0.3) is 0 Å². The summed E-state index contributed by atoms with van der Waals surface area (Å²) < 4.78 is 0. The highest BCUT2D eigenvalue weighted by molar-refractivity contribution is 9.09. The quantitative estimate of drug-likeness (QED) is 0.740. The maximum absolute atomic E-state index is 11.8. The van der Waals surface area contributed by atoms with Gasteiger partial charge in [0.25, 0.3) is 0 Å². The third-order valence-electron chi connectivity index (χ3n) is 4.83. The minimum atomic E-state index is 0.280. The highest BCUT2D eigenvalue weighted by Gasteiger charge is 2.26. The molecule has 2 aliphatic rings. The highest BCUT2D eigenvalue weighted by atomic mass is 79.9. The number of hydrogen-bond donors (Lipinski definition) is 1. The fourth-order valence-electron chi connectivity index (χ4n) is 3.55. The summed E-state index contributed by atoms with van der Waals surface area (Å²) in [5, 5.41) is 4.25. The number of alkyl halides is 1. The average molecular weight is 316 g/mol. The molecule has 1 amide bonds. The molecule has 2 fully saturated rings. The second-order valence-corrected chi connectivity index (χ2v) is 6.75. The molecule has 0 heterocycles. The second kappa shape index (κ2) is 7.52. The lowest BCUT2D eigenvalue weighted by atomic mass is 9.98. The van der Waals surface area contributed by atoms with Crippen molar-refractivity contribution >= 4 is 21.8 Å². The summed E-state index contributed by atoms with van der Waals surface area (Å²) in [6.07, 6.45) is 11.3. The molecule has 0 radical (unpaired) electrons. The van der Waals surface area contributed by atoms with Gasteiger partial charge in [-0.2, -0.15) is 0 Å². The van der Waals surface area contributed by atoms with Crippen LogP contribution in [0.15, 0.2) is 0 Å². The van der Waals surface area contributed by atoms with Gasteiger partial charge in [0.1, 0.15) is 0 Å². The summed E-state index contributed by atoms with van der Waals surface area (Å²) in [5.74, 6) is 2.60. The van der Waals surface area contributed by atoms with E-state index in [9.17, 15) is 4.79 Å². The predicted molar refractivity (Wildman–Crippen MR) is 78.8 cm³/mol. The van der Waals surface area contributed by atoms with Gasteiger partial charge in [0, 0.05) is 18.3 Å². The molecule has 2 nitrogen and oxygen atoms in total. The van der Waals surface area contributed by atoms with Gasteiger partial charge in [0.2, 0.25) is 5.91 Å². The van der Waals surface area contributed by atoms with Gasteiger partial charge in [-0.15, -0.1) is 0 Å². The number of rotatable bonds is 6. The van der Waals surface area contributed by atoms with Crippen molar-refractivity contribution in [2.45, 2.75) is 57.8 Å². The molecule has 104 valence electrons. The molecule has 1 N–H and O–H groups in total. The van der Waals surface area contributed by atoms with Crippen LogP contribution in [0, 0.1) is 17.8 Å². The monoisotopic (exact) mass is 315 g/mol. The molecule has 2 atom stereocenters. The Labute approximate surface area is 119 Å². The zero-order chi connectivity index (χ0) is 12.8. The van der Waals surface area contributed by atoms with Crippen LogP contribution in [0.5, 0.6) is 0 Å². The molecule has 0 aromatic carbocycles. The van der Waals surface area contributed by atoms with E-state index in [-0.39, 0.29) is 5.91 Å². The number of halogens is 1. The molecule has 2 saturated carbocycles. The van der Waals surface area contributed by atoms with Crippen molar-refractivity contribution in [2.24, 2.45) is 17.8 Å². The molecule has 0 aliphatic heterocycles. The van der Waals surface area contributed by atoms with Gasteiger partial charge in [-0.25, -0.2) is 0 Å². The van der Waals surface area contributed by atoms with Crippen molar-refractivity contribution in [3.05, 3.63) is 0 Å². The second-order valence-electron chi connectivity index (χ2n) is 6.10. The first kappa shape index (κ1) is 14.4. The minimum absolute atomic E-state index is 0.280. The van der Waals surface area contributed by atoms with Crippen molar-refractivity contribution in [3.8, 4) is 0 Å². The van der Waals surface area contributed by atoms with Crippen LogP contribution in [-0.4, -0.2) is 17.8 Å². The van der Waals surface area contributed by atoms with Gasteiger partial charge in [-0.1, -0.05) is 48.0 Å². The van der Waals surface area contributed by atoms with Gasteiger partial charge in [-0.05, 0) is 37.0 Å². The van der Waals surface area contributed by atoms with E-state index in [1.54, 1.807) is 0 Å². The van der Waals surface area contributed by atoms with Crippen molar-refractivity contribution in [2.75, 3.05) is 11.9 Å². The number of carbonyl (C=O) groups excluding carboxylic acids is 1. The molecule has 0 bridgehead atoms. The molecule has 18 heavy (non-hydrogen) atoms. The topological polar surface area (TPSA) is 29.1 Å². The Bertz CT molecular complexity index is 263. The van der Waals surface area contributed by atoms with E-state index in [4.69, 9.17) is 0 Å². The van der Waals surface area contributed by atoms with Gasteiger partial charge in [-0.3, -0.25) is 4.79 Å². The number of hydrogen-bond acceptors (Lipinski definition) is 1. The summed E-state index contributed by atoms with van der Waals surface area (Å²) in [7, 11) is 0. The van der Waals surface area contributed by atoms with Crippen LogP contribution in [0.1, 0.15) is 57.8 Å². The lowest BCUT2D eigenvalue weighted by Crippen LogP contribution is -2.31. The summed E-state index contributed by atoms with van der Waals surface area (Å²) in [6.45, 7) is 0.903. The molecule has 2 aliphatic carbocycles. The third-order valence-corrected chi connectivity index (χ3v) is 5.66. The Kier molecular flexibility index (Phi) is 6.00. The van der Waals surface area contributed by atoms with Crippen LogP contribution in [-0.2, 0) is 4.79 Å². The molecule has 3 heteroatoms. The van der Waals surface area contributed by atoms with Crippen LogP contribution in [0.2, 0.25) is 0 Å². The number of carbonyl (C=O) groups is 1. The summed E-state index contributed by atoms with van der Waals surface area (Å²) in [5.41, 5.74) is 0. The minimum Gasteiger partial charge on any atom is -0.356 e. The maximum atomic E-state index is 11.8. The van der Waals surface area contributed by atoms with Gasteiger partial charge < -0.3 is 5.32 Å². The Morgan fingerprint density at radius 1 is 1.06 bits per heavy atom. The van der Waals surface area contributed by atoms with E-state index in [0.29, 0.717) is 5.92 Å². The van der Waals surface area contributed by atoms with E-state index in [1.807, 2.05) is 0 Å².